The number of ether oxygens (including phenoxy) is 1. The van der Waals surface area contributed by atoms with Crippen LogP contribution in [0.2, 0.25) is 0 Å². The van der Waals surface area contributed by atoms with Gasteiger partial charge in [0.05, 0.1) is 12.7 Å². The molecule has 2 unspecified atom stereocenters. The fourth-order valence-corrected chi connectivity index (χ4v) is 4.19. The van der Waals surface area contributed by atoms with Gasteiger partial charge in [-0.25, -0.2) is 0 Å². The Hall–Kier alpha value is -3.90. The summed E-state index contributed by atoms with van der Waals surface area (Å²) in [5.41, 5.74) is 3.93. The summed E-state index contributed by atoms with van der Waals surface area (Å²) in [5.74, 6) is -1.92. The minimum absolute atomic E-state index is 0.236. The highest BCUT2D eigenvalue weighted by atomic mass is 16.5. The second-order valence-electron chi connectivity index (χ2n) is 7.36. The highest BCUT2D eigenvalue weighted by Gasteiger charge is 2.34. The molecule has 2 atom stereocenters. The number of rotatable bonds is 6. The molecule has 0 N–H and O–H groups in total. The van der Waals surface area contributed by atoms with Crippen LogP contribution in [0.5, 0.6) is 0 Å². The monoisotopic (exact) mass is 405 g/mol. The van der Waals surface area contributed by atoms with E-state index in [-0.39, 0.29) is 6.61 Å². The molecule has 0 aliphatic heterocycles. The third-order valence-corrected chi connectivity index (χ3v) is 5.55. The van der Waals surface area contributed by atoms with Crippen molar-refractivity contribution in [3.63, 3.8) is 0 Å². The van der Waals surface area contributed by atoms with E-state index in [2.05, 4.69) is 6.07 Å². The molecule has 152 valence electrons. The quantitative estimate of drug-likeness (QED) is 0.352. The van der Waals surface area contributed by atoms with Gasteiger partial charge in [-0.15, -0.1) is 0 Å². The molecule has 0 aromatic heterocycles. The first kappa shape index (κ1) is 20.4. The lowest BCUT2D eigenvalue weighted by Gasteiger charge is -2.25. The molecule has 0 spiro atoms. The molecular weight excluding hydrogens is 382 g/mol. The molecule has 0 radical (unpaired) electrons. The van der Waals surface area contributed by atoms with Gasteiger partial charge in [0.15, 0.2) is 5.92 Å². The Morgan fingerprint density at radius 2 is 1.48 bits per heavy atom. The van der Waals surface area contributed by atoms with Gasteiger partial charge in [-0.05, 0) is 39.9 Å². The van der Waals surface area contributed by atoms with Crippen LogP contribution in [-0.4, -0.2) is 12.6 Å². The number of nitrogens with zero attached hydrogens (tertiary/aromatic N) is 1. The predicted octanol–water partition coefficient (Wildman–Crippen LogP) is 6.34. The molecule has 4 aromatic rings. The SMILES string of the molecule is CCOC(=O)C(C#N)C(c1ccccc1-c1ccccc1)c1cccc2ccccc12. The summed E-state index contributed by atoms with van der Waals surface area (Å²) in [4.78, 5) is 12.9. The molecule has 0 heterocycles. The fraction of sp³-hybridized carbons (Fsp3) is 0.143. The van der Waals surface area contributed by atoms with E-state index in [1.807, 2.05) is 97.1 Å². The third-order valence-electron chi connectivity index (χ3n) is 5.55. The van der Waals surface area contributed by atoms with E-state index in [0.29, 0.717) is 0 Å². The van der Waals surface area contributed by atoms with E-state index in [0.717, 1.165) is 33.0 Å². The summed E-state index contributed by atoms with van der Waals surface area (Å²) in [6.07, 6.45) is 0. The van der Waals surface area contributed by atoms with E-state index in [1.165, 1.54) is 0 Å². The van der Waals surface area contributed by atoms with Gasteiger partial charge in [0.25, 0.3) is 0 Å². The van der Waals surface area contributed by atoms with Crippen LogP contribution < -0.4 is 0 Å². The summed E-state index contributed by atoms with van der Waals surface area (Å²) < 4.78 is 5.32. The van der Waals surface area contributed by atoms with Gasteiger partial charge in [-0.1, -0.05) is 97.1 Å². The van der Waals surface area contributed by atoms with Gasteiger partial charge in [0, 0.05) is 5.92 Å². The van der Waals surface area contributed by atoms with E-state index < -0.39 is 17.8 Å². The smallest absolute Gasteiger partial charge is 0.324 e. The van der Waals surface area contributed by atoms with Crippen LogP contribution in [0.1, 0.15) is 24.0 Å². The van der Waals surface area contributed by atoms with Crippen molar-refractivity contribution in [2.75, 3.05) is 6.61 Å². The first-order chi connectivity index (χ1) is 15.2. The van der Waals surface area contributed by atoms with E-state index >= 15 is 0 Å². The van der Waals surface area contributed by atoms with Crippen molar-refractivity contribution in [1.82, 2.24) is 0 Å². The van der Waals surface area contributed by atoms with Crippen molar-refractivity contribution in [2.24, 2.45) is 5.92 Å². The van der Waals surface area contributed by atoms with Crippen LogP contribution in [-0.2, 0) is 9.53 Å². The molecule has 0 amide bonds. The van der Waals surface area contributed by atoms with Crippen LogP contribution in [0.25, 0.3) is 21.9 Å². The Bertz CT molecular complexity index is 1240. The average Bonchev–Trinajstić information content (AvgIpc) is 2.83. The molecule has 0 saturated heterocycles. The molecule has 0 bridgehead atoms. The first-order valence-corrected chi connectivity index (χ1v) is 10.4. The predicted molar refractivity (Wildman–Crippen MR) is 123 cm³/mol. The third kappa shape index (κ3) is 4.06. The zero-order valence-electron chi connectivity index (χ0n) is 17.4. The number of nitriles is 1. The van der Waals surface area contributed by atoms with Gasteiger partial charge >= 0.3 is 5.97 Å². The van der Waals surface area contributed by atoms with Crippen LogP contribution in [0.3, 0.4) is 0 Å². The molecular formula is C28H23NO2. The molecule has 0 aliphatic carbocycles. The standard InChI is InChI=1S/C28H23NO2/c1-2-31-28(30)26(19-29)27(25-18-10-14-21-13-6-7-15-23(21)25)24-17-9-8-16-22(24)20-11-4-3-5-12-20/h3-18,26-27H,2H2,1H3. The molecule has 0 aliphatic rings. The number of esters is 1. The van der Waals surface area contributed by atoms with E-state index in [4.69, 9.17) is 4.74 Å². The lowest BCUT2D eigenvalue weighted by Crippen LogP contribution is -2.25. The fourth-order valence-electron chi connectivity index (χ4n) is 4.19. The van der Waals surface area contributed by atoms with Crippen molar-refractivity contribution in [1.29, 1.82) is 5.26 Å². The Morgan fingerprint density at radius 3 is 2.26 bits per heavy atom. The summed E-state index contributed by atoms with van der Waals surface area (Å²) >= 11 is 0. The number of benzene rings is 4. The summed E-state index contributed by atoms with van der Waals surface area (Å²) in [7, 11) is 0. The normalized spacial score (nSPS) is 12.6. The number of fused-ring (bicyclic) bond motifs is 1. The van der Waals surface area contributed by atoms with Crippen LogP contribution in [0.4, 0.5) is 0 Å². The van der Waals surface area contributed by atoms with Crippen molar-refractivity contribution in [3.05, 3.63) is 108 Å². The highest BCUT2D eigenvalue weighted by Crippen LogP contribution is 2.41. The lowest BCUT2D eigenvalue weighted by atomic mass is 9.77. The zero-order chi connectivity index (χ0) is 21.6. The maximum Gasteiger partial charge on any atom is 0.324 e. The molecule has 4 rings (SSSR count). The molecule has 3 nitrogen and oxygen atoms in total. The highest BCUT2D eigenvalue weighted by molar-refractivity contribution is 5.89. The average molecular weight is 405 g/mol. The minimum atomic E-state index is -0.962. The number of hydrogen-bond acceptors (Lipinski definition) is 3. The summed E-state index contributed by atoms with van der Waals surface area (Å²) in [5, 5.41) is 12.2. The Labute approximate surface area is 182 Å². The van der Waals surface area contributed by atoms with Gasteiger partial charge in [-0.2, -0.15) is 5.26 Å². The van der Waals surface area contributed by atoms with Crippen molar-refractivity contribution in [2.45, 2.75) is 12.8 Å². The largest absolute Gasteiger partial charge is 0.465 e. The van der Waals surface area contributed by atoms with Crippen LogP contribution >= 0.6 is 0 Å². The number of carbonyl (C=O) groups excluding carboxylic acids is 1. The molecule has 0 saturated carbocycles. The van der Waals surface area contributed by atoms with E-state index in [9.17, 15) is 10.1 Å². The maximum absolute atomic E-state index is 12.9. The van der Waals surface area contributed by atoms with Crippen molar-refractivity contribution in [3.8, 4) is 17.2 Å². The summed E-state index contributed by atoms with van der Waals surface area (Å²) in [6, 6.07) is 34.4. The topological polar surface area (TPSA) is 50.1 Å². The van der Waals surface area contributed by atoms with Gasteiger partial charge < -0.3 is 4.74 Å². The lowest BCUT2D eigenvalue weighted by molar-refractivity contribution is -0.146. The van der Waals surface area contributed by atoms with Gasteiger partial charge in [-0.3, -0.25) is 4.79 Å². The summed E-state index contributed by atoms with van der Waals surface area (Å²) in [6.45, 7) is 2.00. The molecule has 31 heavy (non-hydrogen) atoms. The number of hydrogen-bond donors (Lipinski definition) is 0. The zero-order valence-corrected chi connectivity index (χ0v) is 17.4. The Morgan fingerprint density at radius 1 is 0.839 bits per heavy atom. The van der Waals surface area contributed by atoms with E-state index in [1.54, 1.807) is 6.92 Å². The first-order valence-electron chi connectivity index (χ1n) is 10.4. The number of carbonyl (C=O) groups is 1. The van der Waals surface area contributed by atoms with Crippen LogP contribution in [0, 0.1) is 17.2 Å². The van der Waals surface area contributed by atoms with Gasteiger partial charge in [0.1, 0.15) is 0 Å². The molecule has 0 fully saturated rings. The second kappa shape index (κ2) is 9.28. The Kier molecular flexibility index (Phi) is 6.10. The van der Waals surface area contributed by atoms with Crippen LogP contribution in [0.15, 0.2) is 97.1 Å². The Balaban J connectivity index is 1.99. The van der Waals surface area contributed by atoms with Crippen molar-refractivity contribution >= 4 is 16.7 Å². The molecule has 4 aromatic carbocycles. The maximum atomic E-state index is 12.9. The minimum Gasteiger partial charge on any atom is -0.465 e. The van der Waals surface area contributed by atoms with Crippen molar-refractivity contribution < 1.29 is 9.53 Å². The second-order valence-corrected chi connectivity index (χ2v) is 7.36. The van der Waals surface area contributed by atoms with Gasteiger partial charge in [0.2, 0.25) is 0 Å². The molecule has 3 heteroatoms.